The van der Waals surface area contributed by atoms with Gasteiger partial charge in [0, 0.05) is 12.0 Å². The van der Waals surface area contributed by atoms with Gasteiger partial charge in [0.05, 0.1) is 6.10 Å². The predicted octanol–water partition coefficient (Wildman–Crippen LogP) is 4.20. The Morgan fingerprint density at radius 2 is 0.957 bits per heavy atom. The predicted molar refractivity (Wildman–Crippen MR) is 94.0 cm³/mol. The molecule has 0 radical (unpaired) electrons. The van der Waals surface area contributed by atoms with Gasteiger partial charge in [-0.3, -0.25) is 0 Å². The zero-order valence-corrected chi connectivity index (χ0v) is 12.9. The van der Waals surface area contributed by atoms with E-state index in [1.54, 1.807) is 0 Å². The second-order valence-electron chi connectivity index (χ2n) is 5.73. The Hall–Kier alpha value is -2.42. The highest BCUT2D eigenvalue weighted by Crippen LogP contribution is 2.39. The summed E-state index contributed by atoms with van der Waals surface area (Å²) in [7, 11) is 0. The van der Waals surface area contributed by atoms with Crippen molar-refractivity contribution in [1.29, 1.82) is 0 Å². The molecule has 0 aromatic heterocycles. The van der Waals surface area contributed by atoms with Gasteiger partial charge in [0.15, 0.2) is 0 Å². The molecule has 3 atom stereocenters. The van der Waals surface area contributed by atoms with Gasteiger partial charge < -0.3 is 10.8 Å². The fourth-order valence-electron chi connectivity index (χ4n) is 3.00. The molecule has 2 heteroatoms. The maximum absolute atomic E-state index is 11.0. The zero-order chi connectivity index (χ0) is 16.1. The normalized spacial score (nSPS) is 14.9. The second kappa shape index (κ2) is 7.23. The third-order valence-electron chi connectivity index (χ3n) is 4.24. The summed E-state index contributed by atoms with van der Waals surface area (Å²) in [6.07, 6.45) is -0.659. The molecule has 0 saturated heterocycles. The maximum Gasteiger partial charge on any atom is 0.0876 e. The molecule has 23 heavy (non-hydrogen) atoms. The van der Waals surface area contributed by atoms with Crippen LogP contribution >= 0.6 is 0 Å². The fraction of sp³-hybridized carbons (Fsp3) is 0.143. The number of hydrogen-bond acceptors (Lipinski definition) is 2. The minimum atomic E-state index is -0.659. The van der Waals surface area contributed by atoms with Gasteiger partial charge in [-0.2, -0.15) is 0 Å². The van der Waals surface area contributed by atoms with Crippen LogP contribution in [0.1, 0.15) is 34.8 Å². The Bertz CT molecular complexity index is 667. The minimum absolute atomic E-state index is 0.207. The molecule has 2 nitrogen and oxygen atoms in total. The van der Waals surface area contributed by atoms with Gasteiger partial charge in [0.25, 0.3) is 0 Å². The van der Waals surface area contributed by atoms with Gasteiger partial charge in [-0.25, -0.2) is 0 Å². The van der Waals surface area contributed by atoms with E-state index < -0.39 is 6.10 Å². The van der Waals surface area contributed by atoms with Gasteiger partial charge in [0.1, 0.15) is 0 Å². The molecule has 3 rings (SSSR count). The van der Waals surface area contributed by atoms with Crippen LogP contribution in [0.15, 0.2) is 91.0 Å². The maximum atomic E-state index is 11.0. The number of nitrogens with two attached hydrogens (primary N) is 1. The van der Waals surface area contributed by atoms with E-state index in [1.807, 2.05) is 91.0 Å². The van der Waals surface area contributed by atoms with Crippen LogP contribution < -0.4 is 5.73 Å². The molecule has 0 aliphatic rings. The molecular formula is C21H21NO. The summed E-state index contributed by atoms with van der Waals surface area (Å²) < 4.78 is 0. The third-order valence-corrected chi connectivity index (χ3v) is 4.24. The first-order chi connectivity index (χ1) is 11.3. The van der Waals surface area contributed by atoms with Crippen LogP contribution in [-0.4, -0.2) is 5.11 Å². The Morgan fingerprint density at radius 3 is 1.43 bits per heavy atom. The van der Waals surface area contributed by atoms with Crippen LogP contribution in [-0.2, 0) is 0 Å². The van der Waals surface area contributed by atoms with Crippen molar-refractivity contribution in [2.45, 2.75) is 18.1 Å². The molecule has 3 aromatic carbocycles. The molecule has 0 aliphatic heterocycles. The Kier molecular flexibility index (Phi) is 4.86. The molecule has 3 aromatic rings. The average Bonchev–Trinajstić information content (AvgIpc) is 2.64. The van der Waals surface area contributed by atoms with Crippen molar-refractivity contribution in [3.8, 4) is 0 Å². The van der Waals surface area contributed by atoms with Crippen molar-refractivity contribution in [3.05, 3.63) is 108 Å². The Morgan fingerprint density at radius 1 is 0.565 bits per heavy atom. The van der Waals surface area contributed by atoms with E-state index in [0.29, 0.717) is 0 Å². The monoisotopic (exact) mass is 303 g/mol. The number of hydrogen-bond donors (Lipinski definition) is 2. The van der Waals surface area contributed by atoms with Crippen LogP contribution in [0.25, 0.3) is 0 Å². The average molecular weight is 303 g/mol. The number of rotatable bonds is 5. The van der Waals surface area contributed by atoms with Crippen molar-refractivity contribution in [2.75, 3.05) is 0 Å². The molecule has 0 bridgehead atoms. The molecule has 3 N–H and O–H groups in total. The molecule has 0 aliphatic carbocycles. The van der Waals surface area contributed by atoms with Crippen molar-refractivity contribution in [3.63, 3.8) is 0 Å². The van der Waals surface area contributed by atoms with Gasteiger partial charge in [-0.05, 0) is 16.7 Å². The lowest BCUT2D eigenvalue weighted by atomic mass is 9.81. The van der Waals surface area contributed by atoms with E-state index in [1.165, 1.54) is 0 Å². The van der Waals surface area contributed by atoms with Crippen LogP contribution in [0.3, 0.4) is 0 Å². The smallest absolute Gasteiger partial charge is 0.0876 e. The lowest BCUT2D eigenvalue weighted by Gasteiger charge is -2.29. The number of benzene rings is 3. The first-order valence-electron chi connectivity index (χ1n) is 7.86. The summed E-state index contributed by atoms with van der Waals surface area (Å²) in [6, 6.07) is 29.4. The zero-order valence-electron chi connectivity index (χ0n) is 12.9. The van der Waals surface area contributed by atoms with Crippen molar-refractivity contribution >= 4 is 0 Å². The highest BCUT2D eigenvalue weighted by atomic mass is 16.3. The van der Waals surface area contributed by atoms with E-state index in [-0.39, 0.29) is 12.0 Å². The number of aliphatic hydroxyl groups is 1. The van der Waals surface area contributed by atoms with E-state index in [9.17, 15) is 5.11 Å². The lowest BCUT2D eigenvalue weighted by Crippen LogP contribution is -2.25. The first kappa shape index (κ1) is 15.5. The van der Waals surface area contributed by atoms with Gasteiger partial charge in [-0.1, -0.05) is 91.0 Å². The van der Waals surface area contributed by atoms with Crippen LogP contribution in [0.2, 0.25) is 0 Å². The van der Waals surface area contributed by atoms with E-state index in [0.717, 1.165) is 16.7 Å². The SMILES string of the molecule is N[C@H](c1ccccc1)[C@H](c1ccccc1)[C@H](O)c1ccccc1. The Balaban J connectivity index is 2.01. The number of aliphatic hydroxyl groups excluding tert-OH is 1. The summed E-state index contributed by atoms with van der Waals surface area (Å²) in [5.74, 6) is -0.207. The van der Waals surface area contributed by atoms with Gasteiger partial charge >= 0.3 is 0 Å². The van der Waals surface area contributed by atoms with Crippen molar-refractivity contribution in [2.24, 2.45) is 5.73 Å². The van der Waals surface area contributed by atoms with Crippen LogP contribution in [0.5, 0.6) is 0 Å². The molecule has 0 amide bonds. The van der Waals surface area contributed by atoms with Gasteiger partial charge in [0.2, 0.25) is 0 Å². The summed E-state index contributed by atoms with van der Waals surface area (Å²) in [6.45, 7) is 0. The minimum Gasteiger partial charge on any atom is -0.388 e. The summed E-state index contributed by atoms with van der Waals surface area (Å²) in [5.41, 5.74) is 9.50. The van der Waals surface area contributed by atoms with Gasteiger partial charge in [-0.15, -0.1) is 0 Å². The quantitative estimate of drug-likeness (QED) is 0.742. The lowest BCUT2D eigenvalue weighted by molar-refractivity contribution is 0.132. The molecule has 116 valence electrons. The molecule has 0 spiro atoms. The summed E-state index contributed by atoms with van der Waals surface area (Å²) in [4.78, 5) is 0. The van der Waals surface area contributed by atoms with E-state index in [4.69, 9.17) is 5.73 Å². The van der Waals surface area contributed by atoms with Crippen LogP contribution in [0, 0.1) is 0 Å². The molecular weight excluding hydrogens is 282 g/mol. The molecule has 0 saturated carbocycles. The van der Waals surface area contributed by atoms with E-state index in [2.05, 4.69) is 0 Å². The summed E-state index contributed by atoms with van der Waals surface area (Å²) in [5, 5.41) is 11.0. The Labute approximate surface area is 137 Å². The standard InChI is InChI=1S/C21H21NO/c22-20(17-12-6-2-7-13-17)19(16-10-4-1-5-11-16)21(23)18-14-8-3-9-15-18/h1-15,19-21,23H,22H2/t19-,20+,21+/m0/s1. The molecule has 0 heterocycles. The first-order valence-corrected chi connectivity index (χ1v) is 7.86. The highest BCUT2D eigenvalue weighted by Gasteiger charge is 2.29. The third kappa shape index (κ3) is 3.50. The fourth-order valence-corrected chi connectivity index (χ4v) is 3.00. The molecule has 0 unspecified atom stereocenters. The van der Waals surface area contributed by atoms with Crippen LogP contribution in [0.4, 0.5) is 0 Å². The van der Waals surface area contributed by atoms with Crippen molar-refractivity contribution in [1.82, 2.24) is 0 Å². The largest absolute Gasteiger partial charge is 0.388 e. The molecule has 0 fully saturated rings. The van der Waals surface area contributed by atoms with Crippen molar-refractivity contribution < 1.29 is 5.11 Å². The summed E-state index contributed by atoms with van der Waals surface area (Å²) >= 11 is 0. The topological polar surface area (TPSA) is 46.2 Å². The van der Waals surface area contributed by atoms with E-state index >= 15 is 0 Å². The second-order valence-corrected chi connectivity index (χ2v) is 5.73. The highest BCUT2D eigenvalue weighted by molar-refractivity contribution is 5.32.